The highest BCUT2D eigenvalue weighted by Crippen LogP contribution is 2.22. The number of carbonyl (C=O) groups excluding carboxylic acids is 1. The molecule has 2 aromatic rings. The number of aromatic nitrogens is 3. The molecule has 0 radical (unpaired) electrons. The maximum absolute atomic E-state index is 10.9. The van der Waals surface area contributed by atoms with Gasteiger partial charge in [0.1, 0.15) is 24.3 Å². The topological polar surface area (TPSA) is 99.8 Å². The van der Waals surface area contributed by atoms with Gasteiger partial charge < -0.3 is 16.0 Å². The summed E-state index contributed by atoms with van der Waals surface area (Å²) in [6, 6.07) is 0. The Labute approximate surface area is 91.3 Å². The predicted molar refractivity (Wildman–Crippen MR) is 59.1 cm³/mol. The molecule has 4 N–H and O–H groups in total. The van der Waals surface area contributed by atoms with E-state index in [1.807, 2.05) is 0 Å². The molecule has 16 heavy (non-hydrogen) atoms. The zero-order valence-electron chi connectivity index (χ0n) is 8.34. The molecule has 6 heteroatoms. The van der Waals surface area contributed by atoms with E-state index in [1.54, 1.807) is 10.8 Å². The Morgan fingerprint density at radius 2 is 2.31 bits per heavy atom. The Bertz CT molecular complexity index is 607. The summed E-state index contributed by atoms with van der Waals surface area (Å²) in [4.78, 5) is 18.8. The molecule has 0 spiro atoms. The van der Waals surface area contributed by atoms with Gasteiger partial charge in [-0.1, -0.05) is 5.92 Å². The van der Waals surface area contributed by atoms with Crippen LogP contribution in [0.5, 0.6) is 0 Å². The quantitative estimate of drug-likeness (QED) is 0.658. The third-order valence-electron chi connectivity index (χ3n) is 2.16. The van der Waals surface area contributed by atoms with E-state index in [-0.39, 0.29) is 6.54 Å². The first-order valence-corrected chi connectivity index (χ1v) is 4.47. The highest BCUT2D eigenvalue weighted by atomic mass is 16.1. The normalized spacial score (nSPS) is 10.2. The van der Waals surface area contributed by atoms with Crippen LogP contribution in [0, 0.1) is 12.3 Å². The largest absolute Gasteiger partial charge is 0.383 e. The van der Waals surface area contributed by atoms with Gasteiger partial charge in [-0.15, -0.1) is 6.42 Å². The fourth-order valence-electron chi connectivity index (χ4n) is 1.54. The molecule has 0 atom stereocenters. The molecule has 2 rings (SSSR count). The number of nitrogen functional groups attached to an aromatic ring is 1. The first-order chi connectivity index (χ1) is 7.63. The lowest BCUT2D eigenvalue weighted by Crippen LogP contribution is -2.18. The number of nitrogens with two attached hydrogens (primary N) is 2. The molecule has 80 valence electrons. The van der Waals surface area contributed by atoms with Gasteiger partial charge in [-0.2, -0.15) is 0 Å². The van der Waals surface area contributed by atoms with E-state index in [9.17, 15) is 4.79 Å². The van der Waals surface area contributed by atoms with Crippen molar-refractivity contribution < 1.29 is 4.79 Å². The zero-order chi connectivity index (χ0) is 11.7. The van der Waals surface area contributed by atoms with Crippen LogP contribution in [0.1, 0.15) is 5.56 Å². The van der Waals surface area contributed by atoms with Gasteiger partial charge in [-0.05, 0) is 0 Å². The zero-order valence-corrected chi connectivity index (χ0v) is 8.34. The van der Waals surface area contributed by atoms with Gasteiger partial charge >= 0.3 is 0 Å². The summed E-state index contributed by atoms with van der Waals surface area (Å²) in [5.41, 5.74) is 11.9. The number of nitrogens with zero attached hydrogens (tertiary/aromatic N) is 3. The van der Waals surface area contributed by atoms with Crippen molar-refractivity contribution in [2.24, 2.45) is 5.73 Å². The number of fused-ring (bicyclic) bond motifs is 1. The number of anilines is 1. The molecule has 0 bridgehead atoms. The number of primary amides is 1. The second-order valence-electron chi connectivity index (χ2n) is 3.24. The molecular formula is C10H9N5O. The minimum atomic E-state index is -0.474. The SMILES string of the molecule is C#Cc1cn(CC(N)=O)c2ncnc(N)c12. The van der Waals surface area contributed by atoms with E-state index < -0.39 is 5.91 Å². The number of amides is 1. The average molecular weight is 215 g/mol. The Hall–Kier alpha value is -2.55. The lowest BCUT2D eigenvalue weighted by Gasteiger charge is -2.00. The van der Waals surface area contributed by atoms with E-state index >= 15 is 0 Å². The van der Waals surface area contributed by atoms with Gasteiger partial charge in [-0.3, -0.25) is 4.79 Å². The highest BCUT2D eigenvalue weighted by Gasteiger charge is 2.12. The number of hydrogen-bond donors (Lipinski definition) is 2. The number of terminal acetylenes is 1. The molecule has 6 nitrogen and oxygen atoms in total. The van der Waals surface area contributed by atoms with Crippen molar-refractivity contribution in [3.05, 3.63) is 18.1 Å². The summed E-state index contributed by atoms with van der Waals surface area (Å²) < 4.78 is 1.56. The predicted octanol–water partition coefficient (Wildman–Crippen LogP) is -0.520. The Morgan fingerprint density at radius 3 is 2.94 bits per heavy atom. The van der Waals surface area contributed by atoms with Crippen LogP contribution >= 0.6 is 0 Å². The van der Waals surface area contributed by atoms with Crippen LogP contribution in [0.3, 0.4) is 0 Å². The van der Waals surface area contributed by atoms with Crippen LogP contribution in [-0.2, 0) is 11.3 Å². The minimum absolute atomic E-state index is 0.00856. The van der Waals surface area contributed by atoms with Crippen molar-refractivity contribution in [1.82, 2.24) is 14.5 Å². The third-order valence-corrected chi connectivity index (χ3v) is 2.16. The molecule has 2 heterocycles. The lowest BCUT2D eigenvalue weighted by atomic mass is 10.2. The van der Waals surface area contributed by atoms with Gasteiger partial charge in [0.2, 0.25) is 5.91 Å². The van der Waals surface area contributed by atoms with Crippen LogP contribution in [-0.4, -0.2) is 20.4 Å². The van der Waals surface area contributed by atoms with Crippen LogP contribution < -0.4 is 11.5 Å². The molecule has 0 aliphatic carbocycles. The second-order valence-corrected chi connectivity index (χ2v) is 3.24. The summed E-state index contributed by atoms with van der Waals surface area (Å²) in [7, 11) is 0. The Morgan fingerprint density at radius 1 is 1.56 bits per heavy atom. The van der Waals surface area contributed by atoms with Crippen molar-refractivity contribution in [2.45, 2.75) is 6.54 Å². The Kier molecular flexibility index (Phi) is 2.21. The maximum Gasteiger partial charge on any atom is 0.237 e. The lowest BCUT2D eigenvalue weighted by molar-refractivity contribution is -0.118. The van der Waals surface area contributed by atoms with Crippen LogP contribution in [0.2, 0.25) is 0 Å². The van der Waals surface area contributed by atoms with Gasteiger partial charge in [0, 0.05) is 6.20 Å². The van der Waals surface area contributed by atoms with E-state index in [0.29, 0.717) is 22.4 Å². The van der Waals surface area contributed by atoms with Gasteiger partial charge in [0.25, 0.3) is 0 Å². The molecule has 0 fully saturated rings. The number of hydrogen-bond acceptors (Lipinski definition) is 4. The molecule has 0 saturated carbocycles. The van der Waals surface area contributed by atoms with Gasteiger partial charge in [0.15, 0.2) is 0 Å². The summed E-state index contributed by atoms with van der Waals surface area (Å²) in [6.45, 7) is 0.00856. The minimum Gasteiger partial charge on any atom is -0.383 e. The number of rotatable bonds is 2. The molecule has 1 amide bonds. The molecule has 0 aliphatic rings. The number of carbonyl (C=O) groups is 1. The third kappa shape index (κ3) is 1.44. The standard InChI is InChI=1S/C10H9N5O/c1-2-6-3-15(4-7(11)16)10-8(6)9(12)13-5-14-10/h1,3,5H,4H2,(H2,11,16)(H2,12,13,14). The van der Waals surface area contributed by atoms with Crippen molar-refractivity contribution in [1.29, 1.82) is 0 Å². The van der Waals surface area contributed by atoms with Crippen LogP contribution in [0.4, 0.5) is 5.82 Å². The van der Waals surface area contributed by atoms with Crippen LogP contribution in [0.15, 0.2) is 12.5 Å². The molecule has 0 aliphatic heterocycles. The second kappa shape index (κ2) is 3.55. The highest BCUT2D eigenvalue weighted by molar-refractivity contribution is 5.92. The first-order valence-electron chi connectivity index (χ1n) is 4.47. The molecule has 0 aromatic carbocycles. The van der Waals surface area contributed by atoms with E-state index in [4.69, 9.17) is 17.9 Å². The van der Waals surface area contributed by atoms with Crippen molar-refractivity contribution in [3.63, 3.8) is 0 Å². The fourth-order valence-corrected chi connectivity index (χ4v) is 1.54. The maximum atomic E-state index is 10.9. The van der Waals surface area contributed by atoms with Crippen molar-refractivity contribution in [2.75, 3.05) is 5.73 Å². The smallest absolute Gasteiger partial charge is 0.237 e. The first kappa shape index (κ1) is 9.98. The Balaban J connectivity index is 2.74. The summed E-state index contributed by atoms with van der Waals surface area (Å²) in [5, 5.41) is 0.575. The van der Waals surface area contributed by atoms with Crippen LogP contribution in [0.25, 0.3) is 11.0 Å². The summed E-state index contributed by atoms with van der Waals surface area (Å²) in [5.74, 6) is 2.29. The monoisotopic (exact) mass is 215 g/mol. The van der Waals surface area contributed by atoms with Crippen molar-refractivity contribution in [3.8, 4) is 12.3 Å². The van der Waals surface area contributed by atoms with Crippen molar-refractivity contribution >= 4 is 22.8 Å². The van der Waals surface area contributed by atoms with Gasteiger partial charge in [0.05, 0.1) is 10.9 Å². The molecule has 0 saturated heterocycles. The molecule has 0 unspecified atom stereocenters. The summed E-state index contributed by atoms with van der Waals surface area (Å²) in [6.07, 6.45) is 8.26. The van der Waals surface area contributed by atoms with E-state index in [1.165, 1.54) is 6.33 Å². The van der Waals surface area contributed by atoms with E-state index in [0.717, 1.165) is 0 Å². The molecule has 2 aromatic heterocycles. The summed E-state index contributed by atoms with van der Waals surface area (Å²) >= 11 is 0. The van der Waals surface area contributed by atoms with E-state index in [2.05, 4.69) is 15.9 Å². The average Bonchev–Trinajstić information content (AvgIpc) is 2.57. The fraction of sp³-hybridized carbons (Fsp3) is 0.100. The molecular weight excluding hydrogens is 206 g/mol. The van der Waals surface area contributed by atoms with Gasteiger partial charge in [-0.25, -0.2) is 9.97 Å².